The van der Waals surface area contributed by atoms with Crippen LogP contribution < -0.4 is 5.73 Å². The first kappa shape index (κ1) is 16.6. The molecule has 0 aliphatic rings. The number of aromatic nitrogens is 1. The minimum absolute atomic E-state index is 0. The van der Waals surface area contributed by atoms with Crippen LogP contribution in [0.1, 0.15) is 5.56 Å². The van der Waals surface area contributed by atoms with Gasteiger partial charge in [-0.2, -0.15) is 0 Å². The maximum atomic E-state index is 11.7. The van der Waals surface area contributed by atoms with Gasteiger partial charge in [0.05, 0.1) is 10.6 Å². The van der Waals surface area contributed by atoms with E-state index in [1.807, 2.05) is 24.3 Å². The first-order valence-electron chi connectivity index (χ1n) is 5.97. The highest BCUT2D eigenvalue weighted by Gasteiger charge is 2.15. The van der Waals surface area contributed by atoms with E-state index < -0.39 is 9.84 Å². The Kier molecular flexibility index (Phi) is 5.68. The van der Waals surface area contributed by atoms with E-state index in [9.17, 15) is 8.42 Å². The Morgan fingerprint density at radius 2 is 1.80 bits per heavy atom. The molecule has 0 spiro atoms. The Hall–Kier alpha value is -1.43. The second-order valence-electron chi connectivity index (χ2n) is 4.36. The Labute approximate surface area is 125 Å². The molecule has 0 fully saturated rings. The van der Waals surface area contributed by atoms with Crippen LogP contribution in [0.25, 0.3) is 11.3 Å². The van der Waals surface area contributed by atoms with Crippen molar-refractivity contribution in [2.75, 3.05) is 12.8 Å². The first-order chi connectivity index (χ1) is 9.02. The molecule has 2 aromatic rings. The molecule has 1 aromatic carbocycles. The lowest BCUT2D eigenvalue weighted by molar-refractivity contribution is 0.602. The number of pyridine rings is 1. The number of hydrogen-bond acceptors (Lipinski definition) is 4. The topological polar surface area (TPSA) is 73.0 Å². The van der Waals surface area contributed by atoms with E-state index in [2.05, 4.69) is 4.98 Å². The number of halogens is 1. The van der Waals surface area contributed by atoms with Crippen LogP contribution in [-0.2, 0) is 16.3 Å². The first-order valence-corrected chi connectivity index (χ1v) is 7.86. The molecule has 20 heavy (non-hydrogen) atoms. The van der Waals surface area contributed by atoms with Gasteiger partial charge in [-0.15, -0.1) is 12.4 Å². The third-order valence-corrected chi connectivity index (χ3v) is 3.96. The smallest absolute Gasteiger partial charge is 0.177 e. The van der Waals surface area contributed by atoms with E-state index in [4.69, 9.17) is 5.73 Å². The van der Waals surface area contributed by atoms with Crippen LogP contribution in [0.15, 0.2) is 47.5 Å². The van der Waals surface area contributed by atoms with Gasteiger partial charge < -0.3 is 5.73 Å². The Morgan fingerprint density at radius 3 is 2.35 bits per heavy atom. The van der Waals surface area contributed by atoms with Gasteiger partial charge in [-0.05, 0) is 30.7 Å². The molecule has 4 nitrogen and oxygen atoms in total. The Bertz CT molecular complexity index is 670. The van der Waals surface area contributed by atoms with Crippen LogP contribution >= 0.6 is 12.4 Å². The average molecular weight is 313 g/mol. The molecular weight excluding hydrogens is 296 g/mol. The van der Waals surface area contributed by atoms with Gasteiger partial charge in [0, 0.05) is 18.0 Å². The molecule has 0 unspecified atom stereocenters. The molecule has 0 aliphatic heterocycles. The van der Waals surface area contributed by atoms with E-state index in [1.165, 1.54) is 6.26 Å². The van der Waals surface area contributed by atoms with E-state index in [-0.39, 0.29) is 17.3 Å². The summed E-state index contributed by atoms with van der Waals surface area (Å²) in [6, 6.07) is 10.9. The van der Waals surface area contributed by atoms with Gasteiger partial charge in [-0.1, -0.05) is 24.3 Å². The fourth-order valence-electron chi connectivity index (χ4n) is 1.90. The summed E-state index contributed by atoms with van der Waals surface area (Å²) in [6.07, 6.45) is 3.59. The summed E-state index contributed by atoms with van der Waals surface area (Å²) in [5.41, 5.74) is 7.91. The van der Waals surface area contributed by atoms with Gasteiger partial charge in [-0.25, -0.2) is 8.42 Å². The van der Waals surface area contributed by atoms with Crippen molar-refractivity contribution in [2.24, 2.45) is 5.73 Å². The Morgan fingerprint density at radius 1 is 1.15 bits per heavy atom. The van der Waals surface area contributed by atoms with Crippen LogP contribution in [-0.4, -0.2) is 26.2 Å². The zero-order valence-electron chi connectivity index (χ0n) is 11.1. The lowest BCUT2D eigenvalue weighted by Gasteiger charge is -2.07. The predicted molar refractivity (Wildman–Crippen MR) is 82.8 cm³/mol. The van der Waals surface area contributed by atoms with Gasteiger partial charge in [0.1, 0.15) is 0 Å². The third-order valence-electron chi connectivity index (χ3n) is 2.83. The molecule has 0 amide bonds. The molecule has 0 aliphatic carbocycles. The molecule has 2 rings (SSSR count). The normalized spacial score (nSPS) is 10.9. The molecule has 1 heterocycles. The van der Waals surface area contributed by atoms with Crippen LogP contribution in [0.4, 0.5) is 0 Å². The molecule has 1 aromatic heterocycles. The molecular formula is C14H17ClN2O2S. The number of rotatable bonds is 4. The quantitative estimate of drug-likeness (QED) is 0.938. The summed E-state index contributed by atoms with van der Waals surface area (Å²) in [6.45, 7) is 0.595. The number of hydrogen-bond donors (Lipinski definition) is 1. The predicted octanol–water partition coefficient (Wildman–Crippen LogP) is 2.08. The fourth-order valence-corrected chi connectivity index (χ4v) is 2.75. The minimum Gasteiger partial charge on any atom is -0.330 e. The maximum Gasteiger partial charge on any atom is 0.177 e. The van der Waals surface area contributed by atoms with E-state index in [0.717, 1.165) is 17.5 Å². The second-order valence-corrected chi connectivity index (χ2v) is 6.34. The van der Waals surface area contributed by atoms with Crippen molar-refractivity contribution in [3.05, 3.63) is 48.2 Å². The minimum atomic E-state index is -3.28. The van der Waals surface area contributed by atoms with Crippen LogP contribution in [0.2, 0.25) is 0 Å². The molecule has 0 saturated carbocycles. The van der Waals surface area contributed by atoms with Crippen LogP contribution in [0.3, 0.4) is 0 Å². The number of benzene rings is 1. The highest BCUT2D eigenvalue weighted by Crippen LogP contribution is 2.25. The molecule has 0 atom stereocenters. The maximum absolute atomic E-state index is 11.7. The summed E-state index contributed by atoms with van der Waals surface area (Å²) >= 11 is 0. The standard InChI is InChI=1S/C14H16N2O2S.ClH/c1-19(17,18)13-3-2-10-16-14(13)12-6-4-11(5-7-12)8-9-15;/h2-7,10H,8-9,15H2,1H3;1H. The van der Waals surface area contributed by atoms with Crippen molar-refractivity contribution in [3.8, 4) is 11.3 Å². The van der Waals surface area contributed by atoms with Crippen LogP contribution in [0, 0.1) is 0 Å². The molecule has 2 N–H and O–H groups in total. The van der Waals surface area contributed by atoms with E-state index in [0.29, 0.717) is 12.2 Å². The monoisotopic (exact) mass is 312 g/mol. The van der Waals surface area contributed by atoms with Gasteiger partial charge in [0.15, 0.2) is 9.84 Å². The average Bonchev–Trinajstić information content (AvgIpc) is 2.39. The molecule has 0 radical (unpaired) electrons. The highest BCUT2D eigenvalue weighted by atomic mass is 35.5. The van der Waals surface area contributed by atoms with Gasteiger partial charge >= 0.3 is 0 Å². The summed E-state index contributed by atoms with van der Waals surface area (Å²) in [5.74, 6) is 0. The number of sulfone groups is 1. The van der Waals surface area contributed by atoms with Crippen molar-refractivity contribution in [1.29, 1.82) is 0 Å². The molecule has 6 heteroatoms. The number of nitrogens with zero attached hydrogens (tertiary/aromatic N) is 1. The molecule has 0 saturated heterocycles. The third kappa shape index (κ3) is 3.79. The van der Waals surface area contributed by atoms with Gasteiger partial charge in [0.2, 0.25) is 0 Å². The lowest BCUT2D eigenvalue weighted by Crippen LogP contribution is -2.03. The van der Waals surface area contributed by atoms with Crippen molar-refractivity contribution < 1.29 is 8.42 Å². The van der Waals surface area contributed by atoms with Crippen molar-refractivity contribution in [1.82, 2.24) is 4.98 Å². The molecule has 108 valence electrons. The molecule has 0 bridgehead atoms. The summed E-state index contributed by atoms with van der Waals surface area (Å²) in [4.78, 5) is 4.44. The SMILES string of the molecule is CS(=O)(=O)c1cccnc1-c1ccc(CCN)cc1.Cl. The van der Waals surface area contributed by atoms with Gasteiger partial charge in [0.25, 0.3) is 0 Å². The zero-order chi connectivity index (χ0) is 13.9. The van der Waals surface area contributed by atoms with Crippen LogP contribution in [0.5, 0.6) is 0 Å². The Balaban J connectivity index is 0.00000200. The largest absolute Gasteiger partial charge is 0.330 e. The van der Waals surface area contributed by atoms with Crippen molar-refractivity contribution in [2.45, 2.75) is 11.3 Å². The highest BCUT2D eigenvalue weighted by molar-refractivity contribution is 7.90. The van der Waals surface area contributed by atoms with E-state index >= 15 is 0 Å². The van der Waals surface area contributed by atoms with Crippen molar-refractivity contribution >= 4 is 22.2 Å². The summed E-state index contributed by atoms with van der Waals surface area (Å²) < 4.78 is 23.5. The zero-order valence-corrected chi connectivity index (χ0v) is 12.7. The summed E-state index contributed by atoms with van der Waals surface area (Å²) in [5, 5.41) is 0. The van der Waals surface area contributed by atoms with E-state index in [1.54, 1.807) is 18.3 Å². The summed E-state index contributed by atoms with van der Waals surface area (Å²) in [7, 11) is -3.28. The fraction of sp³-hybridized carbons (Fsp3) is 0.214. The number of nitrogens with two attached hydrogens (primary N) is 1. The van der Waals surface area contributed by atoms with Crippen molar-refractivity contribution in [3.63, 3.8) is 0 Å². The second kappa shape index (κ2) is 6.83. The van der Waals surface area contributed by atoms with Gasteiger partial charge in [-0.3, -0.25) is 4.98 Å². The lowest BCUT2D eigenvalue weighted by atomic mass is 10.1.